The molecule has 2 fully saturated rings. The van der Waals surface area contributed by atoms with E-state index in [0.717, 1.165) is 71.4 Å². The summed E-state index contributed by atoms with van der Waals surface area (Å²) in [5, 5.41) is 10.3. The number of amides is 2. The summed E-state index contributed by atoms with van der Waals surface area (Å²) in [5.74, 6) is 0.865. The lowest BCUT2D eigenvalue weighted by Gasteiger charge is -2.30. The number of nitrogens with one attached hydrogen (secondary N) is 2. The van der Waals surface area contributed by atoms with Crippen LogP contribution >= 0.6 is 0 Å². The van der Waals surface area contributed by atoms with E-state index in [4.69, 9.17) is 9.26 Å². The first kappa shape index (κ1) is 22.7. The molecule has 30 heavy (non-hydrogen) atoms. The molecule has 3 rings (SSSR count). The zero-order valence-corrected chi connectivity index (χ0v) is 18.2. The topological polar surface area (TPSA) is 110 Å². The van der Waals surface area contributed by atoms with Crippen LogP contribution < -0.4 is 10.6 Å². The van der Waals surface area contributed by atoms with Gasteiger partial charge in [-0.05, 0) is 19.8 Å². The molecule has 0 aromatic carbocycles. The van der Waals surface area contributed by atoms with E-state index in [1.165, 1.54) is 6.92 Å². The first-order valence-corrected chi connectivity index (χ1v) is 11.2. The second-order valence-corrected chi connectivity index (χ2v) is 8.57. The Morgan fingerprint density at radius 3 is 2.53 bits per heavy atom. The summed E-state index contributed by atoms with van der Waals surface area (Å²) in [6.45, 7) is 7.67. The second-order valence-electron chi connectivity index (χ2n) is 8.57. The molecule has 9 heteroatoms. The number of carbonyl (C=O) groups excluding carboxylic acids is 2. The van der Waals surface area contributed by atoms with E-state index in [-0.39, 0.29) is 17.9 Å². The average molecular weight is 422 g/mol. The highest BCUT2D eigenvalue weighted by Gasteiger charge is 2.38. The van der Waals surface area contributed by atoms with E-state index in [9.17, 15) is 9.59 Å². The molecular weight excluding hydrogens is 386 g/mol. The van der Waals surface area contributed by atoms with Crippen LogP contribution in [0.2, 0.25) is 0 Å². The van der Waals surface area contributed by atoms with Gasteiger partial charge in [0, 0.05) is 45.4 Å². The fourth-order valence-electron chi connectivity index (χ4n) is 4.41. The molecule has 1 aliphatic carbocycles. The monoisotopic (exact) mass is 421 g/mol. The van der Waals surface area contributed by atoms with E-state index in [0.29, 0.717) is 24.6 Å². The van der Waals surface area contributed by atoms with Crippen molar-refractivity contribution in [2.24, 2.45) is 0 Å². The molecule has 1 atom stereocenters. The first-order valence-electron chi connectivity index (χ1n) is 11.2. The number of ether oxygens (including phenoxy) is 1. The molecule has 168 valence electrons. The van der Waals surface area contributed by atoms with Crippen molar-refractivity contribution < 1.29 is 18.8 Å². The molecule has 0 bridgehead atoms. The Bertz CT molecular complexity index is 693. The van der Waals surface area contributed by atoms with Gasteiger partial charge in [0.1, 0.15) is 5.54 Å². The van der Waals surface area contributed by atoms with Crippen molar-refractivity contribution in [1.29, 1.82) is 0 Å². The van der Waals surface area contributed by atoms with Crippen LogP contribution in [0, 0.1) is 0 Å². The van der Waals surface area contributed by atoms with Crippen molar-refractivity contribution in [2.75, 3.05) is 32.8 Å². The number of aryl methyl sites for hydroxylation is 1. The molecule has 2 N–H and O–H groups in total. The molecular formula is C21H35N5O4. The quantitative estimate of drug-likeness (QED) is 0.613. The van der Waals surface area contributed by atoms with Crippen molar-refractivity contribution >= 4 is 11.8 Å². The van der Waals surface area contributed by atoms with Gasteiger partial charge in [-0.25, -0.2) is 0 Å². The molecule has 1 saturated heterocycles. The molecule has 0 spiro atoms. The van der Waals surface area contributed by atoms with Crippen LogP contribution in [-0.4, -0.2) is 65.7 Å². The molecule has 0 radical (unpaired) electrons. The summed E-state index contributed by atoms with van der Waals surface area (Å²) in [5.41, 5.74) is -0.557. The Balaban J connectivity index is 1.51. The maximum absolute atomic E-state index is 12.3. The van der Waals surface area contributed by atoms with E-state index < -0.39 is 5.54 Å². The number of carbonyl (C=O) groups is 2. The van der Waals surface area contributed by atoms with E-state index in [1.54, 1.807) is 0 Å². The number of rotatable bonds is 8. The summed E-state index contributed by atoms with van der Waals surface area (Å²) in [6, 6.07) is 0.0721. The van der Waals surface area contributed by atoms with Gasteiger partial charge in [-0.15, -0.1) is 0 Å². The number of hydrogen-bond donors (Lipinski definition) is 2. The third-order valence-corrected chi connectivity index (χ3v) is 5.88. The highest BCUT2D eigenvalue weighted by atomic mass is 16.5. The van der Waals surface area contributed by atoms with Crippen LogP contribution in [0.3, 0.4) is 0 Å². The van der Waals surface area contributed by atoms with Crippen LogP contribution in [0.5, 0.6) is 0 Å². The number of morpholine rings is 1. The number of aromatic nitrogens is 2. The minimum atomic E-state index is -0.557. The zero-order chi connectivity index (χ0) is 21.4. The smallest absolute Gasteiger partial charge is 0.227 e. The summed E-state index contributed by atoms with van der Waals surface area (Å²) in [4.78, 5) is 31.0. The van der Waals surface area contributed by atoms with Gasteiger partial charge in [-0.3, -0.25) is 14.5 Å². The van der Waals surface area contributed by atoms with Crippen molar-refractivity contribution in [1.82, 2.24) is 25.7 Å². The zero-order valence-electron chi connectivity index (χ0n) is 18.2. The normalized spacial score (nSPS) is 20.9. The fourth-order valence-corrected chi connectivity index (χ4v) is 4.41. The van der Waals surface area contributed by atoms with E-state index in [2.05, 4.69) is 25.7 Å². The highest BCUT2D eigenvalue weighted by molar-refractivity contribution is 5.76. The molecule has 9 nitrogen and oxygen atoms in total. The first-order chi connectivity index (χ1) is 14.5. The Morgan fingerprint density at radius 1 is 1.17 bits per heavy atom. The molecule has 2 aliphatic rings. The average Bonchev–Trinajstić information content (AvgIpc) is 3.07. The van der Waals surface area contributed by atoms with E-state index in [1.807, 2.05) is 6.92 Å². The molecule has 1 aromatic heterocycles. The summed E-state index contributed by atoms with van der Waals surface area (Å²) < 4.78 is 10.8. The Kier molecular flexibility index (Phi) is 8.21. The van der Waals surface area contributed by atoms with Gasteiger partial charge in [-0.1, -0.05) is 30.8 Å². The second kappa shape index (κ2) is 10.9. The number of nitrogens with zero attached hydrogens (tertiary/aromatic N) is 3. The predicted octanol–water partition coefficient (Wildman–Crippen LogP) is 1.52. The predicted molar refractivity (Wildman–Crippen MR) is 111 cm³/mol. The summed E-state index contributed by atoms with van der Waals surface area (Å²) in [7, 11) is 0. The minimum absolute atomic E-state index is 0.0263. The van der Waals surface area contributed by atoms with Gasteiger partial charge in [0.05, 0.1) is 13.2 Å². The van der Waals surface area contributed by atoms with Crippen LogP contribution in [0.1, 0.15) is 70.5 Å². The summed E-state index contributed by atoms with van der Waals surface area (Å²) in [6.07, 6.45) is 6.64. The largest absolute Gasteiger partial charge is 0.379 e. The standard InChI is InChI=1S/C21H35N5O4/c1-16(15-26-11-13-29-14-12-26)22-18(28)7-8-19-23-20(25-30-19)21(24-17(2)27)9-5-3-4-6-10-21/h16H,3-15H2,1-2H3,(H,22,28)(H,24,27). The van der Waals surface area contributed by atoms with Gasteiger partial charge in [0.2, 0.25) is 17.7 Å². The fraction of sp³-hybridized carbons (Fsp3) is 0.810. The molecule has 2 heterocycles. The highest BCUT2D eigenvalue weighted by Crippen LogP contribution is 2.34. The maximum atomic E-state index is 12.3. The van der Waals surface area contributed by atoms with Crippen molar-refractivity contribution in [3.8, 4) is 0 Å². The Labute approximate surface area is 178 Å². The van der Waals surface area contributed by atoms with Gasteiger partial charge in [-0.2, -0.15) is 4.98 Å². The van der Waals surface area contributed by atoms with Gasteiger partial charge < -0.3 is 19.9 Å². The minimum Gasteiger partial charge on any atom is -0.379 e. The van der Waals surface area contributed by atoms with Crippen LogP contribution in [0.15, 0.2) is 4.52 Å². The third kappa shape index (κ3) is 6.50. The van der Waals surface area contributed by atoms with Crippen LogP contribution in [0.25, 0.3) is 0 Å². The Hall–Kier alpha value is -2.00. The van der Waals surface area contributed by atoms with Gasteiger partial charge >= 0.3 is 0 Å². The molecule has 1 unspecified atom stereocenters. The molecule has 1 aromatic rings. The van der Waals surface area contributed by atoms with E-state index >= 15 is 0 Å². The summed E-state index contributed by atoms with van der Waals surface area (Å²) >= 11 is 0. The lowest BCUT2D eigenvalue weighted by atomic mass is 9.89. The Morgan fingerprint density at radius 2 is 1.87 bits per heavy atom. The molecule has 1 aliphatic heterocycles. The maximum Gasteiger partial charge on any atom is 0.227 e. The third-order valence-electron chi connectivity index (χ3n) is 5.88. The van der Waals surface area contributed by atoms with Crippen molar-refractivity contribution in [2.45, 2.75) is 76.8 Å². The van der Waals surface area contributed by atoms with Crippen LogP contribution in [0.4, 0.5) is 0 Å². The lowest BCUT2D eigenvalue weighted by molar-refractivity contribution is -0.122. The van der Waals surface area contributed by atoms with Gasteiger partial charge in [0.15, 0.2) is 5.82 Å². The molecule has 2 amide bonds. The SMILES string of the molecule is CC(=O)NC1(c2noc(CCC(=O)NC(C)CN3CCOCC3)n2)CCCCCC1. The number of hydrogen-bond acceptors (Lipinski definition) is 7. The molecule has 1 saturated carbocycles. The van der Waals surface area contributed by atoms with Gasteiger partial charge in [0.25, 0.3) is 0 Å². The van der Waals surface area contributed by atoms with Crippen molar-refractivity contribution in [3.63, 3.8) is 0 Å². The van der Waals surface area contributed by atoms with Crippen molar-refractivity contribution in [3.05, 3.63) is 11.7 Å². The lowest BCUT2D eigenvalue weighted by Crippen LogP contribution is -2.46. The van der Waals surface area contributed by atoms with Crippen LogP contribution in [-0.2, 0) is 26.3 Å².